The number of sulfonamides is 1. The van der Waals surface area contributed by atoms with Crippen molar-refractivity contribution in [1.29, 1.82) is 0 Å². The fraction of sp³-hybridized carbons (Fsp3) is 0.357. The number of aromatic carboxylic acids is 1. The summed E-state index contributed by atoms with van der Waals surface area (Å²) in [6, 6.07) is 2.56. The standard InChI is InChI=1S/C14H16FNO4S/c1-9-6-11(14(17)18)7-13(10(9)2)21(19,20)16-5-3-4-12(15)8-16/h4,6-7H,3,5,8H2,1-2H3,(H,17,18). The summed E-state index contributed by atoms with van der Waals surface area (Å²) in [5, 5.41) is 9.07. The van der Waals surface area contributed by atoms with Gasteiger partial charge < -0.3 is 5.11 Å². The second-order valence-electron chi connectivity index (χ2n) is 5.00. The van der Waals surface area contributed by atoms with E-state index < -0.39 is 21.8 Å². The van der Waals surface area contributed by atoms with Crippen LogP contribution in [-0.2, 0) is 10.0 Å². The molecular weight excluding hydrogens is 297 g/mol. The summed E-state index contributed by atoms with van der Waals surface area (Å²) in [4.78, 5) is 11.0. The Morgan fingerprint density at radius 3 is 2.57 bits per heavy atom. The molecule has 5 nitrogen and oxygen atoms in total. The van der Waals surface area contributed by atoms with Gasteiger partial charge in [-0.25, -0.2) is 17.6 Å². The van der Waals surface area contributed by atoms with Crippen molar-refractivity contribution in [2.24, 2.45) is 0 Å². The Morgan fingerprint density at radius 2 is 2.00 bits per heavy atom. The Labute approximate surface area is 122 Å². The monoisotopic (exact) mass is 313 g/mol. The van der Waals surface area contributed by atoms with Gasteiger partial charge in [0, 0.05) is 6.54 Å². The molecule has 1 aromatic rings. The molecule has 0 fully saturated rings. The summed E-state index contributed by atoms with van der Waals surface area (Å²) in [5.41, 5.74) is 0.959. The lowest BCUT2D eigenvalue weighted by molar-refractivity contribution is 0.0696. The molecule has 114 valence electrons. The predicted molar refractivity (Wildman–Crippen MR) is 75.4 cm³/mol. The Balaban J connectivity index is 2.54. The average Bonchev–Trinajstić information content (AvgIpc) is 2.41. The van der Waals surface area contributed by atoms with Crippen LogP contribution in [0.15, 0.2) is 28.9 Å². The van der Waals surface area contributed by atoms with Gasteiger partial charge in [0.15, 0.2) is 0 Å². The fourth-order valence-electron chi connectivity index (χ4n) is 2.24. The minimum atomic E-state index is -3.91. The lowest BCUT2D eigenvalue weighted by Crippen LogP contribution is -2.35. The number of nitrogens with zero attached hydrogens (tertiary/aromatic N) is 1. The normalized spacial score (nSPS) is 16.6. The van der Waals surface area contributed by atoms with Gasteiger partial charge in [-0.2, -0.15) is 4.31 Å². The van der Waals surface area contributed by atoms with E-state index in [0.29, 0.717) is 17.5 Å². The van der Waals surface area contributed by atoms with Crippen LogP contribution in [0, 0.1) is 13.8 Å². The molecule has 21 heavy (non-hydrogen) atoms. The maximum atomic E-state index is 13.3. The molecule has 0 radical (unpaired) electrons. The first-order valence-corrected chi connectivity index (χ1v) is 7.86. The molecule has 2 rings (SSSR count). The molecule has 0 saturated carbocycles. The van der Waals surface area contributed by atoms with E-state index in [1.165, 1.54) is 12.1 Å². The van der Waals surface area contributed by atoms with Gasteiger partial charge in [-0.15, -0.1) is 0 Å². The largest absolute Gasteiger partial charge is 0.478 e. The lowest BCUT2D eigenvalue weighted by atomic mass is 10.1. The number of halogens is 1. The van der Waals surface area contributed by atoms with Gasteiger partial charge in [-0.05, 0) is 43.5 Å². The van der Waals surface area contributed by atoms with E-state index in [-0.39, 0.29) is 23.5 Å². The van der Waals surface area contributed by atoms with E-state index >= 15 is 0 Å². The van der Waals surface area contributed by atoms with Crippen LogP contribution in [-0.4, -0.2) is 36.9 Å². The summed E-state index contributed by atoms with van der Waals surface area (Å²) in [7, 11) is -3.91. The van der Waals surface area contributed by atoms with Gasteiger partial charge in [-0.1, -0.05) is 6.08 Å². The number of hydrogen-bond acceptors (Lipinski definition) is 3. The molecule has 0 aliphatic carbocycles. The van der Waals surface area contributed by atoms with Crippen LogP contribution >= 0.6 is 0 Å². The lowest BCUT2D eigenvalue weighted by Gasteiger charge is -2.25. The zero-order valence-electron chi connectivity index (χ0n) is 11.8. The summed E-state index contributed by atoms with van der Waals surface area (Å²) in [6.45, 7) is 3.14. The predicted octanol–water partition coefficient (Wildman–Crippen LogP) is 2.25. The number of carbonyl (C=O) groups is 1. The van der Waals surface area contributed by atoms with Crippen molar-refractivity contribution >= 4 is 16.0 Å². The summed E-state index contributed by atoms with van der Waals surface area (Å²) in [5.74, 6) is -1.69. The second kappa shape index (κ2) is 5.57. The zero-order valence-corrected chi connectivity index (χ0v) is 12.6. The third-order valence-electron chi connectivity index (χ3n) is 3.56. The first kappa shape index (κ1) is 15.7. The van der Waals surface area contributed by atoms with Crippen molar-refractivity contribution in [1.82, 2.24) is 4.31 Å². The highest BCUT2D eigenvalue weighted by molar-refractivity contribution is 7.89. The average molecular weight is 313 g/mol. The van der Waals surface area contributed by atoms with Gasteiger partial charge >= 0.3 is 5.97 Å². The number of carboxylic acids is 1. The molecule has 1 N–H and O–H groups in total. The van der Waals surface area contributed by atoms with Crippen molar-refractivity contribution in [3.8, 4) is 0 Å². The quantitative estimate of drug-likeness (QED) is 0.928. The smallest absolute Gasteiger partial charge is 0.335 e. The van der Waals surface area contributed by atoms with Crippen LogP contribution in [0.2, 0.25) is 0 Å². The number of benzene rings is 1. The maximum Gasteiger partial charge on any atom is 0.335 e. The SMILES string of the molecule is Cc1cc(C(=O)O)cc(S(=O)(=O)N2CCC=C(F)C2)c1C. The van der Waals surface area contributed by atoms with Gasteiger partial charge in [0.05, 0.1) is 17.0 Å². The maximum absolute atomic E-state index is 13.3. The first-order chi connectivity index (χ1) is 9.73. The van der Waals surface area contributed by atoms with E-state index in [9.17, 15) is 17.6 Å². The van der Waals surface area contributed by atoms with E-state index in [2.05, 4.69) is 0 Å². The van der Waals surface area contributed by atoms with E-state index in [4.69, 9.17) is 5.11 Å². The van der Waals surface area contributed by atoms with Crippen molar-refractivity contribution in [3.63, 3.8) is 0 Å². The Morgan fingerprint density at radius 1 is 1.33 bits per heavy atom. The van der Waals surface area contributed by atoms with Crippen LogP contribution in [0.4, 0.5) is 4.39 Å². The summed E-state index contributed by atoms with van der Waals surface area (Å²) < 4.78 is 39.6. The van der Waals surface area contributed by atoms with Crippen LogP contribution in [0.25, 0.3) is 0 Å². The molecule has 1 aromatic carbocycles. The molecule has 0 saturated heterocycles. The highest BCUT2D eigenvalue weighted by Gasteiger charge is 2.29. The van der Waals surface area contributed by atoms with Crippen molar-refractivity contribution in [3.05, 3.63) is 40.7 Å². The Kier molecular flexibility index (Phi) is 4.15. The van der Waals surface area contributed by atoms with Gasteiger partial charge in [0.1, 0.15) is 5.83 Å². The number of rotatable bonds is 3. The second-order valence-corrected chi connectivity index (χ2v) is 6.91. The van der Waals surface area contributed by atoms with Crippen molar-refractivity contribution < 1.29 is 22.7 Å². The number of carboxylic acid groups (broad SMARTS) is 1. The van der Waals surface area contributed by atoms with Crippen molar-refractivity contribution in [2.75, 3.05) is 13.1 Å². The molecule has 0 bridgehead atoms. The number of hydrogen-bond donors (Lipinski definition) is 1. The molecule has 0 atom stereocenters. The van der Waals surface area contributed by atoms with Gasteiger partial charge in [-0.3, -0.25) is 0 Å². The van der Waals surface area contributed by atoms with Crippen LogP contribution < -0.4 is 0 Å². The highest BCUT2D eigenvalue weighted by atomic mass is 32.2. The number of aryl methyl sites for hydroxylation is 1. The Bertz CT molecular complexity index is 725. The topological polar surface area (TPSA) is 74.7 Å². The van der Waals surface area contributed by atoms with Crippen molar-refractivity contribution in [2.45, 2.75) is 25.2 Å². The van der Waals surface area contributed by atoms with Crippen LogP contribution in [0.3, 0.4) is 0 Å². The minimum absolute atomic E-state index is 0.0744. The van der Waals surface area contributed by atoms with Gasteiger partial charge in [0.25, 0.3) is 0 Å². The summed E-state index contributed by atoms with van der Waals surface area (Å²) >= 11 is 0. The molecule has 0 unspecified atom stereocenters. The summed E-state index contributed by atoms with van der Waals surface area (Å²) in [6.07, 6.45) is 1.67. The minimum Gasteiger partial charge on any atom is -0.478 e. The zero-order chi connectivity index (χ0) is 15.8. The fourth-order valence-corrected chi connectivity index (χ4v) is 3.98. The van der Waals surface area contributed by atoms with Crippen LogP contribution in [0.1, 0.15) is 27.9 Å². The van der Waals surface area contributed by atoms with E-state index in [1.807, 2.05) is 0 Å². The highest BCUT2D eigenvalue weighted by Crippen LogP contribution is 2.26. The molecule has 1 heterocycles. The van der Waals surface area contributed by atoms with Gasteiger partial charge in [0.2, 0.25) is 10.0 Å². The molecular formula is C14H16FNO4S. The third-order valence-corrected chi connectivity index (χ3v) is 5.53. The molecule has 0 aromatic heterocycles. The van der Waals surface area contributed by atoms with Crippen LogP contribution in [0.5, 0.6) is 0 Å². The molecule has 1 aliphatic heterocycles. The first-order valence-electron chi connectivity index (χ1n) is 6.42. The van der Waals surface area contributed by atoms with E-state index in [0.717, 1.165) is 10.4 Å². The molecule has 0 spiro atoms. The third kappa shape index (κ3) is 2.98. The molecule has 7 heteroatoms. The molecule has 0 amide bonds. The van der Waals surface area contributed by atoms with E-state index in [1.54, 1.807) is 13.8 Å². The Hall–Kier alpha value is -1.73. The molecule has 1 aliphatic rings.